The van der Waals surface area contributed by atoms with E-state index in [2.05, 4.69) is 9.89 Å². The average Bonchev–Trinajstić information content (AvgIpc) is 3.21. The van der Waals surface area contributed by atoms with E-state index in [1.54, 1.807) is 0 Å². The molecule has 6 heteroatoms. The number of thioether (sulfide) groups is 1. The lowest BCUT2D eigenvalue weighted by Gasteiger charge is -2.14. The highest BCUT2D eigenvalue weighted by molar-refractivity contribution is 8.18. The highest BCUT2D eigenvalue weighted by Gasteiger charge is 2.27. The van der Waals surface area contributed by atoms with Crippen LogP contribution in [0.15, 0.2) is 28.1 Å². The van der Waals surface area contributed by atoms with Crippen molar-refractivity contribution in [3.63, 3.8) is 0 Å². The number of hydrogen-bond acceptors (Lipinski definition) is 5. The minimum Gasteiger partial charge on any atom is -0.490 e. The monoisotopic (exact) mass is 346 g/mol. The zero-order valence-electron chi connectivity index (χ0n) is 14.1. The Morgan fingerprint density at radius 1 is 1.17 bits per heavy atom. The van der Waals surface area contributed by atoms with E-state index in [1.165, 1.54) is 24.6 Å². The fourth-order valence-corrected chi connectivity index (χ4v) is 3.72. The molecule has 0 radical (unpaired) electrons. The van der Waals surface area contributed by atoms with E-state index >= 15 is 0 Å². The molecule has 2 aliphatic rings. The fourth-order valence-electron chi connectivity index (χ4n) is 2.75. The first-order chi connectivity index (χ1) is 11.7. The van der Waals surface area contributed by atoms with Gasteiger partial charge in [-0.1, -0.05) is 6.07 Å². The molecule has 0 unspecified atom stereocenters. The van der Waals surface area contributed by atoms with Crippen LogP contribution < -0.4 is 9.47 Å². The van der Waals surface area contributed by atoms with Gasteiger partial charge in [0.1, 0.15) is 0 Å². The Morgan fingerprint density at radius 3 is 2.58 bits per heavy atom. The highest BCUT2D eigenvalue weighted by atomic mass is 32.2. The van der Waals surface area contributed by atoms with Gasteiger partial charge >= 0.3 is 0 Å². The van der Waals surface area contributed by atoms with E-state index in [0.29, 0.717) is 23.9 Å². The molecule has 1 aromatic carbocycles. The number of nitrogens with zero attached hydrogens (tertiary/aromatic N) is 2. The molecule has 0 N–H and O–H groups in total. The van der Waals surface area contributed by atoms with Crippen molar-refractivity contribution in [2.75, 3.05) is 26.3 Å². The summed E-state index contributed by atoms with van der Waals surface area (Å²) in [6.45, 7) is 7.01. The summed E-state index contributed by atoms with van der Waals surface area (Å²) in [5, 5.41) is 0.833. The molecule has 5 nitrogen and oxygen atoms in total. The summed E-state index contributed by atoms with van der Waals surface area (Å²) in [5.41, 5.74) is 0.913. The number of aliphatic imine (C=N–C) groups is 1. The van der Waals surface area contributed by atoms with Crippen LogP contribution in [0, 0.1) is 0 Å². The van der Waals surface area contributed by atoms with Crippen LogP contribution in [-0.4, -0.2) is 42.3 Å². The second-order valence-electron chi connectivity index (χ2n) is 5.58. The zero-order valence-corrected chi connectivity index (χ0v) is 14.9. The summed E-state index contributed by atoms with van der Waals surface area (Å²) in [7, 11) is 0. The van der Waals surface area contributed by atoms with Gasteiger partial charge in [0.15, 0.2) is 16.7 Å². The summed E-state index contributed by atoms with van der Waals surface area (Å²) in [4.78, 5) is 19.2. The Kier molecular flexibility index (Phi) is 5.45. The van der Waals surface area contributed by atoms with Gasteiger partial charge < -0.3 is 14.4 Å². The fraction of sp³-hybridized carbons (Fsp3) is 0.444. The molecule has 128 valence electrons. The first-order valence-electron chi connectivity index (χ1n) is 8.38. The Balaban J connectivity index is 1.78. The van der Waals surface area contributed by atoms with Gasteiger partial charge in [-0.2, -0.15) is 4.99 Å². The molecule has 0 spiro atoms. The van der Waals surface area contributed by atoms with E-state index in [4.69, 9.17) is 9.47 Å². The van der Waals surface area contributed by atoms with Crippen molar-refractivity contribution in [2.45, 2.75) is 26.7 Å². The topological polar surface area (TPSA) is 51.1 Å². The van der Waals surface area contributed by atoms with Gasteiger partial charge in [-0.25, -0.2) is 0 Å². The number of rotatable bonds is 5. The number of hydrogen-bond donors (Lipinski definition) is 0. The van der Waals surface area contributed by atoms with Crippen LogP contribution in [0.3, 0.4) is 0 Å². The van der Waals surface area contributed by atoms with Gasteiger partial charge in [-0.05, 0) is 62.2 Å². The van der Waals surface area contributed by atoms with E-state index in [-0.39, 0.29) is 5.91 Å². The molecular weight excluding hydrogens is 324 g/mol. The summed E-state index contributed by atoms with van der Waals surface area (Å²) in [5.74, 6) is 1.26. The van der Waals surface area contributed by atoms with Crippen LogP contribution in [0.1, 0.15) is 32.3 Å². The third kappa shape index (κ3) is 3.75. The highest BCUT2D eigenvalue weighted by Crippen LogP contribution is 2.34. The Hall–Kier alpha value is -1.95. The van der Waals surface area contributed by atoms with Crippen molar-refractivity contribution in [1.29, 1.82) is 0 Å². The third-order valence-corrected chi connectivity index (χ3v) is 4.90. The molecule has 0 atom stereocenters. The van der Waals surface area contributed by atoms with E-state index < -0.39 is 0 Å². The predicted molar refractivity (Wildman–Crippen MR) is 97.6 cm³/mol. The number of amidine groups is 1. The van der Waals surface area contributed by atoms with Crippen molar-refractivity contribution < 1.29 is 14.3 Å². The molecule has 0 aliphatic carbocycles. The van der Waals surface area contributed by atoms with Crippen molar-refractivity contribution in [3.05, 3.63) is 28.7 Å². The quantitative estimate of drug-likeness (QED) is 0.763. The van der Waals surface area contributed by atoms with Crippen LogP contribution >= 0.6 is 11.8 Å². The van der Waals surface area contributed by atoms with Crippen LogP contribution in [0.4, 0.5) is 0 Å². The number of amides is 1. The number of likely N-dealkylation sites (tertiary alicyclic amines) is 1. The van der Waals surface area contributed by atoms with Crippen molar-refractivity contribution in [1.82, 2.24) is 4.90 Å². The normalized spacial score (nSPS) is 19.1. The molecule has 2 heterocycles. The standard InChI is InChI=1S/C18H22N2O3S/c1-3-22-14-8-7-13(11-15(14)23-4-2)12-16-17(21)19-18(24-16)20-9-5-6-10-20/h7-8,11-12H,3-6,9-10H2,1-2H3. The van der Waals surface area contributed by atoms with Crippen molar-refractivity contribution >= 4 is 28.9 Å². The van der Waals surface area contributed by atoms with Gasteiger partial charge in [-0.3, -0.25) is 4.79 Å². The van der Waals surface area contributed by atoms with Crippen molar-refractivity contribution in [2.24, 2.45) is 4.99 Å². The molecule has 1 fully saturated rings. The maximum Gasteiger partial charge on any atom is 0.286 e. The minimum absolute atomic E-state index is 0.159. The number of carbonyl (C=O) groups is 1. The van der Waals surface area contributed by atoms with Crippen LogP contribution in [0.2, 0.25) is 0 Å². The predicted octanol–water partition coefficient (Wildman–Crippen LogP) is 3.55. The van der Waals surface area contributed by atoms with Crippen molar-refractivity contribution in [3.8, 4) is 11.5 Å². The zero-order chi connectivity index (χ0) is 16.9. The van der Waals surface area contributed by atoms with Crippen LogP contribution in [-0.2, 0) is 4.79 Å². The molecule has 2 aliphatic heterocycles. The lowest BCUT2D eigenvalue weighted by Crippen LogP contribution is -2.23. The van der Waals surface area contributed by atoms with Crippen LogP contribution in [0.5, 0.6) is 11.5 Å². The molecule has 0 saturated carbocycles. The Bertz CT molecular complexity index is 679. The second kappa shape index (κ2) is 7.75. The van der Waals surface area contributed by atoms with Gasteiger partial charge in [0.25, 0.3) is 5.91 Å². The molecule has 1 aromatic rings. The molecule has 3 rings (SSSR count). The summed E-state index contributed by atoms with van der Waals surface area (Å²) in [6.07, 6.45) is 4.21. The van der Waals surface area contributed by atoms with Gasteiger partial charge in [0.2, 0.25) is 0 Å². The second-order valence-corrected chi connectivity index (χ2v) is 6.59. The Morgan fingerprint density at radius 2 is 1.88 bits per heavy atom. The summed E-state index contributed by atoms with van der Waals surface area (Å²) < 4.78 is 11.2. The smallest absolute Gasteiger partial charge is 0.286 e. The molecule has 0 bridgehead atoms. The molecule has 24 heavy (non-hydrogen) atoms. The third-order valence-electron chi connectivity index (χ3n) is 3.85. The van der Waals surface area contributed by atoms with Gasteiger partial charge in [0, 0.05) is 13.1 Å². The maximum atomic E-state index is 12.2. The first-order valence-corrected chi connectivity index (χ1v) is 9.20. The molecule has 0 aromatic heterocycles. The summed E-state index contributed by atoms with van der Waals surface area (Å²) in [6, 6.07) is 5.72. The summed E-state index contributed by atoms with van der Waals surface area (Å²) >= 11 is 1.46. The van der Waals surface area contributed by atoms with E-state index in [0.717, 1.165) is 29.6 Å². The van der Waals surface area contributed by atoms with E-state index in [1.807, 2.05) is 38.1 Å². The average molecular weight is 346 g/mol. The number of benzene rings is 1. The minimum atomic E-state index is -0.159. The first kappa shape index (κ1) is 16.9. The molecule has 1 saturated heterocycles. The largest absolute Gasteiger partial charge is 0.490 e. The molecular formula is C18H22N2O3S. The maximum absolute atomic E-state index is 12.2. The lowest BCUT2D eigenvalue weighted by atomic mass is 10.2. The lowest BCUT2D eigenvalue weighted by molar-refractivity contribution is -0.113. The van der Waals surface area contributed by atoms with Gasteiger partial charge in [0.05, 0.1) is 18.1 Å². The SMILES string of the molecule is CCOc1ccc(C=C2SC(N3CCCC3)=NC2=O)cc1OCC. The van der Waals surface area contributed by atoms with E-state index in [9.17, 15) is 4.79 Å². The Labute approximate surface area is 146 Å². The van der Waals surface area contributed by atoms with Gasteiger partial charge in [-0.15, -0.1) is 0 Å². The number of ether oxygens (including phenoxy) is 2. The molecule has 1 amide bonds. The number of carbonyl (C=O) groups excluding carboxylic acids is 1. The van der Waals surface area contributed by atoms with Crippen LogP contribution in [0.25, 0.3) is 6.08 Å².